The first-order valence-electron chi connectivity index (χ1n) is 7.53. The normalized spacial score (nSPS) is 11.2. The predicted molar refractivity (Wildman–Crippen MR) is 84.6 cm³/mol. The van der Waals surface area contributed by atoms with E-state index in [0.29, 0.717) is 11.3 Å². The fraction of sp³-hybridized carbons (Fsp3) is 0.278. The van der Waals surface area contributed by atoms with Crippen molar-refractivity contribution in [3.8, 4) is 5.75 Å². The first-order chi connectivity index (χ1) is 11.4. The van der Waals surface area contributed by atoms with E-state index >= 15 is 0 Å². The van der Waals surface area contributed by atoms with E-state index in [2.05, 4.69) is 5.32 Å². The lowest BCUT2D eigenvalue weighted by Crippen LogP contribution is -2.28. The minimum atomic E-state index is -4.40. The maximum absolute atomic E-state index is 12.6. The zero-order valence-corrected chi connectivity index (χ0v) is 13.2. The van der Waals surface area contributed by atoms with E-state index in [1.807, 2.05) is 25.1 Å². The lowest BCUT2D eigenvalue weighted by atomic mass is 10.1. The van der Waals surface area contributed by atoms with Gasteiger partial charge in [-0.05, 0) is 35.7 Å². The summed E-state index contributed by atoms with van der Waals surface area (Å²) in [4.78, 5) is 11.8. The van der Waals surface area contributed by atoms with Gasteiger partial charge in [-0.25, -0.2) is 0 Å². The first-order valence-corrected chi connectivity index (χ1v) is 7.53. The van der Waals surface area contributed by atoms with Gasteiger partial charge in [-0.1, -0.05) is 37.3 Å². The quantitative estimate of drug-likeness (QED) is 0.866. The molecule has 0 aliphatic rings. The molecule has 2 aromatic rings. The van der Waals surface area contributed by atoms with Gasteiger partial charge in [-0.15, -0.1) is 0 Å². The molecule has 0 unspecified atom stereocenters. The Morgan fingerprint density at radius 2 is 1.88 bits per heavy atom. The van der Waals surface area contributed by atoms with E-state index in [-0.39, 0.29) is 13.2 Å². The molecule has 0 bridgehead atoms. The minimum absolute atomic E-state index is 0.0154. The third kappa shape index (κ3) is 5.01. The number of hydrogen-bond acceptors (Lipinski definition) is 2. The average Bonchev–Trinajstić information content (AvgIpc) is 2.58. The van der Waals surface area contributed by atoms with E-state index in [4.69, 9.17) is 4.74 Å². The molecular weight excluding hydrogens is 319 g/mol. The van der Waals surface area contributed by atoms with Gasteiger partial charge in [-0.3, -0.25) is 4.79 Å². The maximum atomic E-state index is 12.6. The molecule has 6 heteroatoms. The second-order valence-electron chi connectivity index (χ2n) is 5.22. The SMILES string of the molecule is CCc1ccccc1OCC(=O)NCc1cccc(C(F)(F)F)c1. The lowest BCUT2D eigenvalue weighted by Gasteiger charge is -2.11. The van der Waals surface area contributed by atoms with Crippen LogP contribution in [0.1, 0.15) is 23.6 Å². The number of para-hydroxylation sites is 1. The Bertz CT molecular complexity index is 699. The standard InChI is InChI=1S/C18H18F3NO2/c1-2-14-7-3-4-9-16(14)24-12-17(23)22-11-13-6-5-8-15(10-13)18(19,20)21/h3-10H,2,11-12H2,1H3,(H,22,23). The van der Waals surface area contributed by atoms with Crippen molar-refractivity contribution in [2.24, 2.45) is 0 Å². The lowest BCUT2D eigenvalue weighted by molar-refractivity contribution is -0.137. The highest BCUT2D eigenvalue weighted by Gasteiger charge is 2.30. The molecule has 0 aliphatic heterocycles. The van der Waals surface area contributed by atoms with Crippen LogP contribution in [0.5, 0.6) is 5.75 Å². The van der Waals surface area contributed by atoms with Crippen LogP contribution in [0.3, 0.4) is 0 Å². The minimum Gasteiger partial charge on any atom is -0.483 e. The van der Waals surface area contributed by atoms with Gasteiger partial charge in [-0.2, -0.15) is 13.2 Å². The van der Waals surface area contributed by atoms with Crippen LogP contribution in [0, 0.1) is 0 Å². The number of hydrogen-bond donors (Lipinski definition) is 1. The van der Waals surface area contributed by atoms with Gasteiger partial charge in [0, 0.05) is 6.54 Å². The smallest absolute Gasteiger partial charge is 0.416 e. The summed E-state index contributed by atoms with van der Waals surface area (Å²) in [7, 11) is 0. The monoisotopic (exact) mass is 337 g/mol. The van der Waals surface area contributed by atoms with Gasteiger partial charge in [0.1, 0.15) is 5.75 Å². The van der Waals surface area contributed by atoms with Crippen LogP contribution in [0.15, 0.2) is 48.5 Å². The number of rotatable bonds is 6. The molecule has 2 aromatic carbocycles. The van der Waals surface area contributed by atoms with E-state index in [9.17, 15) is 18.0 Å². The van der Waals surface area contributed by atoms with E-state index < -0.39 is 17.6 Å². The Balaban J connectivity index is 1.87. The Labute approximate surface area is 138 Å². The molecule has 0 radical (unpaired) electrons. The summed E-state index contributed by atoms with van der Waals surface area (Å²) in [5.41, 5.74) is 0.637. The molecule has 0 saturated heterocycles. The van der Waals surface area contributed by atoms with Crippen LogP contribution in [0.25, 0.3) is 0 Å². The first kappa shape index (κ1) is 17.8. The second kappa shape index (κ2) is 7.86. The van der Waals surface area contributed by atoms with Gasteiger partial charge < -0.3 is 10.1 Å². The summed E-state index contributed by atoms with van der Waals surface area (Å²) in [5.74, 6) is 0.243. The highest BCUT2D eigenvalue weighted by Crippen LogP contribution is 2.29. The largest absolute Gasteiger partial charge is 0.483 e. The number of amides is 1. The van der Waals surface area contributed by atoms with Crippen molar-refractivity contribution in [1.82, 2.24) is 5.32 Å². The zero-order chi connectivity index (χ0) is 17.6. The van der Waals surface area contributed by atoms with Crippen LogP contribution in [0.2, 0.25) is 0 Å². The summed E-state index contributed by atoms with van der Waals surface area (Å²) in [6.45, 7) is 1.81. The molecule has 0 spiro atoms. The molecule has 128 valence electrons. The number of benzene rings is 2. The molecule has 2 rings (SSSR count). The van der Waals surface area contributed by atoms with Crippen molar-refractivity contribution >= 4 is 5.91 Å². The van der Waals surface area contributed by atoms with Crippen LogP contribution in [-0.4, -0.2) is 12.5 Å². The molecule has 1 amide bonds. The van der Waals surface area contributed by atoms with Crippen molar-refractivity contribution in [2.75, 3.05) is 6.61 Å². The fourth-order valence-corrected chi connectivity index (χ4v) is 2.19. The van der Waals surface area contributed by atoms with Gasteiger partial charge in [0.05, 0.1) is 5.56 Å². The number of aryl methyl sites for hydroxylation is 1. The molecule has 0 aromatic heterocycles. The number of ether oxygens (including phenoxy) is 1. The third-order valence-electron chi connectivity index (χ3n) is 3.46. The number of halogens is 3. The summed E-state index contributed by atoms with van der Waals surface area (Å²) in [6, 6.07) is 12.3. The van der Waals surface area contributed by atoms with Crippen LogP contribution in [0.4, 0.5) is 13.2 Å². The Morgan fingerprint density at radius 1 is 1.12 bits per heavy atom. The van der Waals surface area contributed by atoms with Crippen LogP contribution >= 0.6 is 0 Å². The Hall–Kier alpha value is -2.50. The van der Waals surface area contributed by atoms with Crippen LogP contribution < -0.4 is 10.1 Å². The van der Waals surface area contributed by atoms with Gasteiger partial charge in [0.25, 0.3) is 5.91 Å². The second-order valence-corrected chi connectivity index (χ2v) is 5.22. The Morgan fingerprint density at radius 3 is 2.58 bits per heavy atom. The highest BCUT2D eigenvalue weighted by molar-refractivity contribution is 5.77. The van der Waals surface area contributed by atoms with Crippen molar-refractivity contribution in [3.05, 3.63) is 65.2 Å². The summed E-state index contributed by atoms with van der Waals surface area (Å²) < 4.78 is 43.4. The molecule has 0 atom stereocenters. The van der Waals surface area contributed by atoms with E-state index in [1.54, 1.807) is 6.07 Å². The molecule has 3 nitrogen and oxygen atoms in total. The molecule has 0 fully saturated rings. The number of nitrogens with one attached hydrogen (secondary N) is 1. The van der Waals surface area contributed by atoms with Crippen molar-refractivity contribution in [1.29, 1.82) is 0 Å². The third-order valence-corrected chi connectivity index (χ3v) is 3.46. The highest BCUT2D eigenvalue weighted by atomic mass is 19.4. The van der Waals surface area contributed by atoms with E-state index in [0.717, 1.165) is 24.1 Å². The average molecular weight is 337 g/mol. The summed E-state index contributed by atoms with van der Waals surface area (Å²) >= 11 is 0. The number of carbonyl (C=O) groups excluding carboxylic acids is 1. The molecule has 1 N–H and O–H groups in total. The number of alkyl halides is 3. The van der Waals surface area contributed by atoms with Crippen LogP contribution in [-0.2, 0) is 23.9 Å². The van der Waals surface area contributed by atoms with Crippen molar-refractivity contribution in [2.45, 2.75) is 26.1 Å². The Kier molecular flexibility index (Phi) is 5.84. The van der Waals surface area contributed by atoms with Gasteiger partial charge >= 0.3 is 6.18 Å². The predicted octanol–water partition coefficient (Wildman–Crippen LogP) is 3.96. The van der Waals surface area contributed by atoms with Gasteiger partial charge in [0.2, 0.25) is 0 Å². The van der Waals surface area contributed by atoms with Gasteiger partial charge in [0.15, 0.2) is 6.61 Å². The molecule has 0 saturated carbocycles. The molecule has 0 heterocycles. The van der Waals surface area contributed by atoms with E-state index in [1.165, 1.54) is 12.1 Å². The molecule has 24 heavy (non-hydrogen) atoms. The zero-order valence-electron chi connectivity index (χ0n) is 13.2. The van der Waals surface area contributed by atoms with Crippen molar-refractivity contribution in [3.63, 3.8) is 0 Å². The molecular formula is C18H18F3NO2. The topological polar surface area (TPSA) is 38.3 Å². The number of carbonyl (C=O) groups is 1. The fourth-order valence-electron chi connectivity index (χ4n) is 2.19. The molecule has 0 aliphatic carbocycles. The summed E-state index contributed by atoms with van der Waals surface area (Å²) in [5, 5.41) is 2.55. The maximum Gasteiger partial charge on any atom is 0.416 e. The summed E-state index contributed by atoms with van der Waals surface area (Å²) in [6.07, 6.45) is -3.62. The van der Waals surface area contributed by atoms with Crippen molar-refractivity contribution < 1.29 is 22.7 Å².